The van der Waals surface area contributed by atoms with E-state index < -0.39 is 0 Å². The van der Waals surface area contributed by atoms with Crippen molar-refractivity contribution in [3.8, 4) is 0 Å². The van der Waals surface area contributed by atoms with Gasteiger partial charge in [-0.1, -0.05) is 60.7 Å². The third-order valence-electron chi connectivity index (χ3n) is 5.14. The molecule has 1 fully saturated rings. The lowest BCUT2D eigenvalue weighted by atomic mass is 10.1. The average Bonchev–Trinajstić information content (AvgIpc) is 3.10. The maximum absolute atomic E-state index is 12.3. The van der Waals surface area contributed by atoms with Crippen LogP contribution in [0.5, 0.6) is 0 Å². The fourth-order valence-corrected chi connectivity index (χ4v) is 3.55. The first-order valence-electron chi connectivity index (χ1n) is 10.0. The summed E-state index contributed by atoms with van der Waals surface area (Å²) >= 11 is 0. The largest absolute Gasteiger partial charge is 0.356 e. The lowest BCUT2D eigenvalue weighted by molar-refractivity contribution is -0.127. The topological polar surface area (TPSA) is 56.7 Å². The predicted molar refractivity (Wildman–Crippen MR) is 114 cm³/mol. The number of likely N-dealkylation sites (tertiary alicyclic amines) is 1. The third kappa shape index (κ3) is 6.12. The molecule has 0 spiro atoms. The summed E-state index contributed by atoms with van der Waals surface area (Å²) in [7, 11) is 1.78. The zero-order valence-corrected chi connectivity index (χ0v) is 16.6. The van der Waals surface area contributed by atoms with Crippen molar-refractivity contribution in [3.05, 3.63) is 71.8 Å². The SMILES string of the molecule is CN=C(NCCc1ccccc1)NCC1CC(=O)N(CCc2ccccc2)C1. The van der Waals surface area contributed by atoms with Gasteiger partial charge in [0.25, 0.3) is 0 Å². The Labute approximate surface area is 167 Å². The van der Waals surface area contributed by atoms with Crippen molar-refractivity contribution in [3.63, 3.8) is 0 Å². The minimum absolute atomic E-state index is 0.259. The summed E-state index contributed by atoms with van der Waals surface area (Å²) in [6, 6.07) is 20.8. The summed E-state index contributed by atoms with van der Waals surface area (Å²) in [6.45, 7) is 3.21. The molecule has 0 saturated carbocycles. The molecule has 5 heteroatoms. The molecule has 1 aliphatic heterocycles. The van der Waals surface area contributed by atoms with Crippen molar-refractivity contribution in [2.75, 3.05) is 33.2 Å². The third-order valence-corrected chi connectivity index (χ3v) is 5.14. The number of nitrogens with zero attached hydrogens (tertiary/aromatic N) is 2. The zero-order valence-electron chi connectivity index (χ0n) is 16.6. The standard InChI is InChI=1S/C23H30N4O/c1-24-23(25-14-12-19-8-4-2-5-9-19)26-17-21-16-22(28)27(18-21)15-13-20-10-6-3-7-11-20/h2-11,21H,12-18H2,1H3,(H2,24,25,26). The number of hydrogen-bond donors (Lipinski definition) is 2. The van der Waals surface area contributed by atoms with Crippen LogP contribution in [0.15, 0.2) is 65.7 Å². The Hall–Kier alpha value is -2.82. The molecule has 0 bridgehead atoms. The molecule has 1 amide bonds. The minimum Gasteiger partial charge on any atom is -0.356 e. The number of nitrogens with one attached hydrogen (secondary N) is 2. The van der Waals surface area contributed by atoms with Crippen LogP contribution in [0.3, 0.4) is 0 Å². The van der Waals surface area contributed by atoms with Crippen molar-refractivity contribution in [1.82, 2.24) is 15.5 Å². The molecule has 0 aliphatic carbocycles. The Balaban J connectivity index is 1.37. The quantitative estimate of drug-likeness (QED) is 0.548. The van der Waals surface area contributed by atoms with Gasteiger partial charge in [-0.2, -0.15) is 0 Å². The van der Waals surface area contributed by atoms with Gasteiger partial charge in [-0.3, -0.25) is 9.79 Å². The van der Waals surface area contributed by atoms with Crippen molar-refractivity contribution in [1.29, 1.82) is 0 Å². The first-order chi connectivity index (χ1) is 13.7. The second-order valence-corrected chi connectivity index (χ2v) is 7.26. The van der Waals surface area contributed by atoms with Crippen molar-refractivity contribution in [2.45, 2.75) is 19.3 Å². The zero-order chi connectivity index (χ0) is 19.6. The maximum atomic E-state index is 12.3. The molecule has 5 nitrogen and oxygen atoms in total. The molecule has 0 aromatic heterocycles. The fourth-order valence-electron chi connectivity index (χ4n) is 3.55. The highest BCUT2D eigenvalue weighted by Crippen LogP contribution is 2.17. The van der Waals surface area contributed by atoms with Gasteiger partial charge in [0.2, 0.25) is 5.91 Å². The maximum Gasteiger partial charge on any atom is 0.223 e. The number of rotatable bonds is 8. The summed E-state index contributed by atoms with van der Waals surface area (Å²) in [5, 5.41) is 6.72. The van der Waals surface area contributed by atoms with Crippen LogP contribution >= 0.6 is 0 Å². The highest BCUT2D eigenvalue weighted by atomic mass is 16.2. The van der Waals surface area contributed by atoms with Crippen molar-refractivity contribution < 1.29 is 4.79 Å². The first-order valence-corrected chi connectivity index (χ1v) is 10.0. The summed E-state index contributed by atoms with van der Waals surface area (Å²) in [6.07, 6.45) is 2.48. The minimum atomic E-state index is 0.259. The average molecular weight is 379 g/mol. The highest BCUT2D eigenvalue weighted by molar-refractivity contribution is 5.80. The summed E-state index contributed by atoms with van der Waals surface area (Å²) in [5.74, 6) is 1.39. The summed E-state index contributed by atoms with van der Waals surface area (Å²) in [5.41, 5.74) is 2.58. The van der Waals surface area contributed by atoms with Crippen molar-refractivity contribution in [2.24, 2.45) is 10.9 Å². The number of guanidine groups is 1. The number of benzene rings is 2. The molecule has 0 radical (unpaired) electrons. The number of amides is 1. The van der Waals surface area contributed by atoms with Crippen LogP contribution in [0.2, 0.25) is 0 Å². The van der Waals surface area contributed by atoms with E-state index in [-0.39, 0.29) is 5.91 Å². The molecule has 1 atom stereocenters. The van der Waals surface area contributed by atoms with Gasteiger partial charge in [0.05, 0.1) is 0 Å². The van der Waals surface area contributed by atoms with E-state index in [9.17, 15) is 4.79 Å². The van der Waals surface area contributed by atoms with Gasteiger partial charge in [-0.05, 0) is 24.0 Å². The Morgan fingerprint density at radius 2 is 1.64 bits per heavy atom. The van der Waals surface area contributed by atoms with E-state index >= 15 is 0 Å². The van der Waals surface area contributed by atoms with Crippen LogP contribution in [-0.4, -0.2) is 50.0 Å². The molecule has 28 heavy (non-hydrogen) atoms. The van der Waals surface area contributed by atoms with E-state index in [1.54, 1.807) is 7.05 Å². The van der Waals surface area contributed by atoms with Gasteiger partial charge in [0.1, 0.15) is 0 Å². The van der Waals surface area contributed by atoms with Crippen LogP contribution in [0.25, 0.3) is 0 Å². The number of aliphatic imine (C=N–C) groups is 1. The van der Waals surface area contributed by atoms with Gasteiger partial charge in [0.15, 0.2) is 5.96 Å². The molecule has 1 unspecified atom stereocenters. The van der Waals surface area contributed by atoms with Crippen LogP contribution in [0.1, 0.15) is 17.5 Å². The predicted octanol–water partition coefficient (Wildman–Crippen LogP) is 2.49. The lowest BCUT2D eigenvalue weighted by Gasteiger charge is -2.18. The smallest absolute Gasteiger partial charge is 0.223 e. The van der Waals surface area contributed by atoms with Crippen LogP contribution in [-0.2, 0) is 17.6 Å². The second-order valence-electron chi connectivity index (χ2n) is 7.26. The Morgan fingerprint density at radius 3 is 2.29 bits per heavy atom. The van der Waals surface area contributed by atoms with E-state index in [0.29, 0.717) is 12.3 Å². The molecule has 1 saturated heterocycles. The van der Waals surface area contributed by atoms with Crippen LogP contribution < -0.4 is 10.6 Å². The molecule has 2 N–H and O–H groups in total. The highest BCUT2D eigenvalue weighted by Gasteiger charge is 2.29. The monoisotopic (exact) mass is 378 g/mol. The summed E-state index contributed by atoms with van der Waals surface area (Å²) < 4.78 is 0. The first kappa shape index (κ1) is 19.9. The van der Waals surface area contributed by atoms with Gasteiger partial charge in [-0.15, -0.1) is 0 Å². The molecule has 3 rings (SSSR count). The lowest BCUT2D eigenvalue weighted by Crippen LogP contribution is -2.41. The Morgan fingerprint density at radius 1 is 1.00 bits per heavy atom. The molecular formula is C23H30N4O. The fraction of sp³-hybridized carbons (Fsp3) is 0.391. The van der Waals surface area contributed by atoms with Crippen molar-refractivity contribution >= 4 is 11.9 Å². The van der Waals surface area contributed by atoms with Gasteiger partial charge in [0, 0.05) is 45.6 Å². The van der Waals surface area contributed by atoms with Gasteiger partial charge < -0.3 is 15.5 Å². The summed E-state index contributed by atoms with van der Waals surface area (Å²) in [4.78, 5) is 18.6. The molecule has 2 aromatic rings. The Kier molecular flexibility index (Phi) is 7.47. The number of hydrogen-bond acceptors (Lipinski definition) is 2. The van der Waals surface area contributed by atoms with E-state index in [2.05, 4.69) is 52.0 Å². The van der Waals surface area contributed by atoms with E-state index in [0.717, 1.165) is 45.0 Å². The number of carbonyl (C=O) groups is 1. The second kappa shape index (κ2) is 10.5. The van der Waals surface area contributed by atoms with E-state index in [1.165, 1.54) is 11.1 Å². The van der Waals surface area contributed by atoms with Gasteiger partial charge in [-0.25, -0.2) is 0 Å². The van der Waals surface area contributed by atoms with Crippen LogP contribution in [0.4, 0.5) is 0 Å². The van der Waals surface area contributed by atoms with E-state index in [4.69, 9.17) is 0 Å². The number of carbonyl (C=O) groups excluding carboxylic acids is 1. The molecule has 1 heterocycles. The molecule has 1 aliphatic rings. The van der Waals surface area contributed by atoms with E-state index in [1.807, 2.05) is 29.2 Å². The molecule has 148 valence electrons. The van der Waals surface area contributed by atoms with Crippen LogP contribution in [0, 0.1) is 5.92 Å². The normalized spacial score (nSPS) is 17.0. The Bertz CT molecular complexity index is 761. The molecule has 2 aromatic carbocycles. The van der Waals surface area contributed by atoms with Gasteiger partial charge >= 0.3 is 0 Å². The molecular weight excluding hydrogens is 348 g/mol.